The minimum absolute atomic E-state index is 0.178. The van der Waals surface area contributed by atoms with E-state index in [1.165, 1.54) is 4.68 Å². The van der Waals surface area contributed by atoms with E-state index in [1.807, 2.05) is 6.92 Å². The molecule has 114 valence electrons. The van der Waals surface area contributed by atoms with E-state index in [0.29, 0.717) is 27.2 Å². The average molecular weight is 373 g/mol. The number of nitrogens with zero attached hydrogens (tertiary/aromatic N) is 2. The van der Waals surface area contributed by atoms with Gasteiger partial charge in [0.2, 0.25) is 0 Å². The van der Waals surface area contributed by atoms with Gasteiger partial charge < -0.3 is 5.73 Å². The van der Waals surface area contributed by atoms with Gasteiger partial charge in [-0.2, -0.15) is 5.10 Å². The minimum atomic E-state index is -3.76. The average Bonchev–Trinajstić information content (AvgIpc) is 2.58. The lowest BCUT2D eigenvalue weighted by molar-refractivity contribution is 0.599. The Bertz CT molecular complexity index is 789. The number of sulfonamides is 1. The number of hydrogen-bond acceptors (Lipinski definition) is 4. The summed E-state index contributed by atoms with van der Waals surface area (Å²) in [5.74, 6) is 0. The third-order valence-electron chi connectivity index (χ3n) is 3.21. The molecule has 21 heavy (non-hydrogen) atoms. The number of benzene rings is 1. The van der Waals surface area contributed by atoms with Crippen LogP contribution in [-0.4, -0.2) is 18.2 Å². The van der Waals surface area contributed by atoms with Gasteiger partial charge in [0.25, 0.3) is 10.0 Å². The molecule has 0 atom stereocenters. The van der Waals surface area contributed by atoms with Crippen LogP contribution in [0.25, 0.3) is 0 Å². The largest absolute Gasteiger partial charge is 0.397 e. The first kappa shape index (κ1) is 15.8. The Kier molecular flexibility index (Phi) is 4.03. The summed E-state index contributed by atoms with van der Waals surface area (Å²) in [7, 11) is -2.05. The van der Waals surface area contributed by atoms with Crippen molar-refractivity contribution in [3.05, 3.63) is 33.6 Å². The van der Waals surface area contributed by atoms with E-state index >= 15 is 0 Å². The molecular formula is C13H17BrN4O2S. The Labute approximate surface area is 132 Å². The molecule has 0 aliphatic carbocycles. The number of nitrogens with two attached hydrogens (primary N) is 1. The first-order valence-corrected chi connectivity index (χ1v) is 8.49. The molecule has 1 heterocycles. The summed E-state index contributed by atoms with van der Waals surface area (Å²) >= 11 is 3.34. The van der Waals surface area contributed by atoms with Gasteiger partial charge in [-0.05, 0) is 54.4 Å². The predicted octanol–water partition coefficient (Wildman–Crippen LogP) is 2.49. The lowest BCUT2D eigenvalue weighted by Crippen LogP contribution is -2.16. The van der Waals surface area contributed by atoms with Gasteiger partial charge in [0.15, 0.2) is 0 Å². The van der Waals surface area contributed by atoms with Gasteiger partial charge in [-0.1, -0.05) is 0 Å². The number of nitrogen functional groups attached to an aromatic ring is 1. The van der Waals surface area contributed by atoms with E-state index in [2.05, 4.69) is 25.8 Å². The third kappa shape index (κ3) is 2.91. The van der Waals surface area contributed by atoms with Crippen LogP contribution in [0.3, 0.4) is 0 Å². The fourth-order valence-corrected chi connectivity index (χ4v) is 4.57. The smallest absolute Gasteiger partial charge is 0.265 e. The van der Waals surface area contributed by atoms with E-state index in [-0.39, 0.29) is 4.90 Å². The van der Waals surface area contributed by atoms with Crippen molar-refractivity contribution in [2.45, 2.75) is 25.7 Å². The standard InChI is InChI=1S/C13H17BrN4O2S/c1-7-5-10(14)12(11(15)6-7)17-21(19,20)13-8(2)16-18(4)9(13)3/h5-6,17H,15H2,1-4H3. The second-order valence-corrected chi connectivity index (χ2v) is 7.41. The number of nitrogens with one attached hydrogen (secondary N) is 1. The molecule has 0 saturated heterocycles. The molecular weight excluding hydrogens is 356 g/mol. The van der Waals surface area contributed by atoms with Crippen LogP contribution in [0, 0.1) is 20.8 Å². The van der Waals surface area contributed by atoms with Gasteiger partial charge in [-0.25, -0.2) is 8.42 Å². The van der Waals surface area contributed by atoms with E-state index < -0.39 is 10.0 Å². The van der Waals surface area contributed by atoms with E-state index in [1.54, 1.807) is 33.0 Å². The zero-order valence-corrected chi connectivity index (χ0v) is 14.6. The zero-order chi connectivity index (χ0) is 15.9. The summed E-state index contributed by atoms with van der Waals surface area (Å²) in [6.45, 7) is 5.26. The summed E-state index contributed by atoms with van der Waals surface area (Å²) in [4.78, 5) is 0.178. The quantitative estimate of drug-likeness (QED) is 0.809. The number of hydrogen-bond donors (Lipinski definition) is 2. The van der Waals surface area contributed by atoms with Crippen molar-refractivity contribution in [2.24, 2.45) is 7.05 Å². The summed E-state index contributed by atoms with van der Waals surface area (Å²) in [5, 5.41) is 4.13. The van der Waals surface area contributed by atoms with Crippen molar-refractivity contribution in [2.75, 3.05) is 10.5 Å². The van der Waals surface area contributed by atoms with Gasteiger partial charge in [-0.15, -0.1) is 0 Å². The number of aryl methyl sites for hydroxylation is 3. The molecule has 0 spiro atoms. The summed E-state index contributed by atoms with van der Waals surface area (Å²) in [5.41, 5.74) is 8.57. The van der Waals surface area contributed by atoms with Crippen LogP contribution in [0.1, 0.15) is 17.0 Å². The third-order valence-corrected chi connectivity index (χ3v) is 5.44. The fraction of sp³-hybridized carbons (Fsp3) is 0.308. The Morgan fingerprint density at radius 2 is 1.90 bits per heavy atom. The van der Waals surface area contributed by atoms with E-state index in [4.69, 9.17) is 5.73 Å². The molecule has 0 aliphatic rings. The molecule has 0 bridgehead atoms. The van der Waals surface area contributed by atoms with Gasteiger partial charge in [-0.3, -0.25) is 9.40 Å². The van der Waals surface area contributed by atoms with Crippen LogP contribution in [0.4, 0.5) is 11.4 Å². The Morgan fingerprint density at radius 1 is 1.29 bits per heavy atom. The lowest BCUT2D eigenvalue weighted by Gasteiger charge is -2.13. The van der Waals surface area contributed by atoms with E-state index in [0.717, 1.165) is 5.56 Å². The molecule has 0 aliphatic heterocycles. The highest BCUT2D eigenvalue weighted by molar-refractivity contribution is 9.10. The molecule has 1 aromatic carbocycles. The van der Waals surface area contributed by atoms with Crippen LogP contribution >= 0.6 is 15.9 Å². The molecule has 0 saturated carbocycles. The monoisotopic (exact) mass is 372 g/mol. The molecule has 0 fully saturated rings. The first-order chi connectivity index (χ1) is 9.63. The lowest BCUT2D eigenvalue weighted by atomic mass is 10.2. The van der Waals surface area contributed by atoms with Crippen molar-refractivity contribution >= 4 is 37.3 Å². The Hall–Kier alpha value is -1.54. The van der Waals surface area contributed by atoms with Crippen molar-refractivity contribution < 1.29 is 8.42 Å². The molecule has 3 N–H and O–H groups in total. The Morgan fingerprint density at radius 3 is 2.38 bits per heavy atom. The molecule has 1 aromatic heterocycles. The van der Waals surface area contributed by atoms with Crippen LogP contribution < -0.4 is 10.5 Å². The summed E-state index contributed by atoms with van der Waals surface area (Å²) in [6, 6.07) is 3.52. The number of rotatable bonds is 3. The normalized spacial score (nSPS) is 11.7. The van der Waals surface area contributed by atoms with Gasteiger partial charge in [0, 0.05) is 11.5 Å². The molecule has 0 unspecified atom stereocenters. The van der Waals surface area contributed by atoms with Gasteiger partial charge in [0.05, 0.1) is 22.8 Å². The highest BCUT2D eigenvalue weighted by Gasteiger charge is 2.25. The highest BCUT2D eigenvalue weighted by Crippen LogP contribution is 2.33. The second kappa shape index (κ2) is 5.34. The molecule has 8 heteroatoms. The van der Waals surface area contributed by atoms with Crippen LogP contribution in [0.5, 0.6) is 0 Å². The van der Waals surface area contributed by atoms with E-state index in [9.17, 15) is 8.42 Å². The van der Waals surface area contributed by atoms with Crippen molar-refractivity contribution in [3.8, 4) is 0 Å². The number of halogens is 1. The summed E-state index contributed by atoms with van der Waals surface area (Å²) in [6.07, 6.45) is 0. The Balaban J connectivity index is 2.53. The molecule has 2 aromatic rings. The predicted molar refractivity (Wildman–Crippen MR) is 86.8 cm³/mol. The van der Waals surface area contributed by atoms with Gasteiger partial charge >= 0.3 is 0 Å². The van der Waals surface area contributed by atoms with Crippen LogP contribution in [-0.2, 0) is 17.1 Å². The SMILES string of the molecule is Cc1cc(N)c(NS(=O)(=O)c2c(C)nn(C)c2C)c(Br)c1. The van der Waals surface area contributed by atoms with Crippen molar-refractivity contribution in [1.29, 1.82) is 0 Å². The fourth-order valence-electron chi connectivity index (χ4n) is 2.21. The maximum Gasteiger partial charge on any atom is 0.265 e. The minimum Gasteiger partial charge on any atom is -0.397 e. The van der Waals surface area contributed by atoms with Crippen molar-refractivity contribution in [1.82, 2.24) is 9.78 Å². The van der Waals surface area contributed by atoms with Crippen molar-refractivity contribution in [3.63, 3.8) is 0 Å². The molecule has 0 amide bonds. The molecule has 2 rings (SSSR count). The van der Waals surface area contributed by atoms with Crippen LogP contribution in [0.2, 0.25) is 0 Å². The summed E-state index contributed by atoms with van der Waals surface area (Å²) < 4.78 is 29.9. The van der Waals surface area contributed by atoms with Crippen LogP contribution in [0.15, 0.2) is 21.5 Å². The second-order valence-electron chi connectivity index (χ2n) is 4.94. The maximum atomic E-state index is 12.6. The molecule has 6 nitrogen and oxygen atoms in total. The molecule has 0 radical (unpaired) electrons. The topological polar surface area (TPSA) is 90.0 Å². The highest BCUT2D eigenvalue weighted by atomic mass is 79.9. The first-order valence-electron chi connectivity index (χ1n) is 6.22. The zero-order valence-electron chi connectivity index (χ0n) is 12.2. The number of anilines is 2. The number of aromatic nitrogens is 2. The maximum absolute atomic E-state index is 12.6. The van der Waals surface area contributed by atoms with Gasteiger partial charge in [0.1, 0.15) is 4.90 Å².